The van der Waals surface area contributed by atoms with Crippen molar-refractivity contribution in [1.82, 2.24) is 9.62 Å². The minimum Gasteiger partial charge on any atom is -0.339 e. The molecular formula is C19H21FN2O3S. The van der Waals surface area contributed by atoms with Crippen LogP contribution in [0.25, 0.3) is 0 Å². The number of amides is 1. The van der Waals surface area contributed by atoms with Crippen molar-refractivity contribution in [1.29, 1.82) is 0 Å². The van der Waals surface area contributed by atoms with Gasteiger partial charge in [0.05, 0.1) is 4.90 Å². The van der Waals surface area contributed by atoms with Gasteiger partial charge in [0.25, 0.3) is 5.91 Å². The zero-order valence-electron chi connectivity index (χ0n) is 14.3. The molecule has 7 heteroatoms. The number of nitrogens with zero attached hydrogens (tertiary/aromatic N) is 1. The maximum absolute atomic E-state index is 12.9. The second kappa shape index (κ2) is 7.97. The fourth-order valence-electron chi connectivity index (χ4n) is 2.92. The maximum atomic E-state index is 12.9. The molecule has 2 aromatic carbocycles. The lowest BCUT2D eigenvalue weighted by Gasteiger charge is -2.26. The van der Waals surface area contributed by atoms with Crippen LogP contribution in [-0.2, 0) is 16.6 Å². The van der Waals surface area contributed by atoms with Crippen molar-refractivity contribution in [2.75, 3.05) is 13.1 Å². The molecule has 138 valence electrons. The van der Waals surface area contributed by atoms with Gasteiger partial charge in [0.15, 0.2) is 0 Å². The van der Waals surface area contributed by atoms with Crippen LogP contribution < -0.4 is 4.72 Å². The van der Waals surface area contributed by atoms with Crippen LogP contribution in [0.2, 0.25) is 0 Å². The largest absolute Gasteiger partial charge is 0.339 e. The first kappa shape index (κ1) is 18.5. The van der Waals surface area contributed by atoms with Crippen molar-refractivity contribution in [2.24, 2.45) is 0 Å². The van der Waals surface area contributed by atoms with E-state index in [0.29, 0.717) is 11.1 Å². The van der Waals surface area contributed by atoms with E-state index < -0.39 is 10.0 Å². The van der Waals surface area contributed by atoms with Gasteiger partial charge < -0.3 is 4.90 Å². The number of carbonyl (C=O) groups excluding carboxylic acids is 1. The Balaban J connectivity index is 1.66. The van der Waals surface area contributed by atoms with Gasteiger partial charge in [-0.05, 0) is 61.2 Å². The van der Waals surface area contributed by atoms with Gasteiger partial charge in [-0.3, -0.25) is 4.79 Å². The van der Waals surface area contributed by atoms with E-state index in [2.05, 4.69) is 4.72 Å². The van der Waals surface area contributed by atoms with Crippen molar-refractivity contribution < 1.29 is 17.6 Å². The van der Waals surface area contributed by atoms with Crippen LogP contribution in [0.1, 0.15) is 35.2 Å². The van der Waals surface area contributed by atoms with E-state index in [-0.39, 0.29) is 23.2 Å². The van der Waals surface area contributed by atoms with E-state index in [0.717, 1.165) is 32.4 Å². The Morgan fingerprint density at radius 3 is 2.19 bits per heavy atom. The van der Waals surface area contributed by atoms with Gasteiger partial charge in [0, 0.05) is 25.2 Å². The number of likely N-dealkylation sites (tertiary alicyclic amines) is 1. The highest BCUT2D eigenvalue weighted by Gasteiger charge is 2.19. The summed E-state index contributed by atoms with van der Waals surface area (Å²) in [5.41, 5.74) is 1.15. The van der Waals surface area contributed by atoms with E-state index in [4.69, 9.17) is 0 Å². The quantitative estimate of drug-likeness (QED) is 0.873. The predicted molar refractivity (Wildman–Crippen MR) is 96.6 cm³/mol. The zero-order chi connectivity index (χ0) is 18.6. The van der Waals surface area contributed by atoms with Crippen LogP contribution in [0.15, 0.2) is 53.4 Å². The molecule has 2 aromatic rings. The summed E-state index contributed by atoms with van der Waals surface area (Å²) in [6, 6.07) is 11.6. The number of piperidine rings is 1. The van der Waals surface area contributed by atoms with Crippen LogP contribution in [0.4, 0.5) is 4.39 Å². The minimum atomic E-state index is -3.70. The number of carbonyl (C=O) groups is 1. The van der Waals surface area contributed by atoms with Gasteiger partial charge in [-0.2, -0.15) is 0 Å². The molecule has 0 atom stereocenters. The van der Waals surface area contributed by atoms with Crippen LogP contribution >= 0.6 is 0 Å². The number of nitrogens with one attached hydrogen (secondary N) is 1. The number of hydrogen-bond donors (Lipinski definition) is 1. The van der Waals surface area contributed by atoms with Crippen LogP contribution in [0, 0.1) is 5.82 Å². The molecule has 0 spiro atoms. The molecule has 1 saturated heterocycles. The highest BCUT2D eigenvalue weighted by atomic mass is 32.2. The van der Waals surface area contributed by atoms with Gasteiger partial charge in [0.1, 0.15) is 5.82 Å². The standard InChI is InChI=1S/C19H21FN2O3S/c20-17-8-4-15(5-9-17)14-21-26(24,25)18-10-6-16(7-11-18)19(23)22-12-2-1-3-13-22/h4-11,21H,1-3,12-14H2. The Kier molecular flexibility index (Phi) is 5.68. The van der Waals surface area contributed by atoms with Crippen molar-refractivity contribution in [3.8, 4) is 0 Å². The molecule has 3 rings (SSSR count). The molecule has 1 heterocycles. The third-order valence-electron chi connectivity index (χ3n) is 4.43. The first-order valence-electron chi connectivity index (χ1n) is 8.59. The summed E-state index contributed by atoms with van der Waals surface area (Å²) in [4.78, 5) is 14.3. The van der Waals surface area contributed by atoms with Gasteiger partial charge in [-0.15, -0.1) is 0 Å². The molecule has 1 aliphatic rings. The van der Waals surface area contributed by atoms with Crippen LogP contribution in [0.5, 0.6) is 0 Å². The maximum Gasteiger partial charge on any atom is 0.253 e. The lowest BCUT2D eigenvalue weighted by atomic mass is 10.1. The molecule has 0 unspecified atom stereocenters. The Morgan fingerprint density at radius 2 is 1.58 bits per heavy atom. The Bertz CT molecular complexity index is 859. The van der Waals surface area contributed by atoms with E-state index in [1.807, 2.05) is 0 Å². The lowest BCUT2D eigenvalue weighted by molar-refractivity contribution is 0.0724. The number of sulfonamides is 1. The van der Waals surface area contributed by atoms with Gasteiger partial charge >= 0.3 is 0 Å². The number of rotatable bonds is 5. The second-order valence-electron chi connectivity index (χ2n) is 6.33. The normalized spacial score (nSPS) is 15.0. The molecule has 26 heavy (non-hydrogen) atoms. The highest BCUT2D eigenvalue weighted by Crippen LogP contribution is 2.16. The fraction of sp³-hybridized carbons (Fsp3) is 0.316. The molecule has 5 nitrogen and oxygen atoms in total. The molecule has 1 fully saturated rings. The molecule has 0 bridgehead atoms. The monoisotopic (exact) mass is 376 g/mol. The fourth-order valence-corrected chi connectivity index (χ4v) is 3.94. The molecule has 0 radical (unpaired) electrons. The summed E-state index contributed by atoms with van der Waals surface area (Å²) >= 11 is 0. The van der Waals surface area contributed by atoms with Crippen molar-refractivity contribution >= 4 is 15.9 Å². The summed E-state index contributed by atoms with van der Waals surface area (Å²) in [6.07, 6.45) is 3.15. The minimum absolute atomic E-state index is 0.0621. The molecule has 0 saturated carbocycles. The molecule has 0 aliphatic carbocycles. The molecule has 1 N–H and O–H groups in total. The van der Waals surface area contributed by atoms with Gasteiger partial charge in [-0.25, -0.2) is 17.5 Å². The highest BCUT2D eigenvalue weighted by molar-refractivity contribution is 7.89. The zero-order valence-corrected chi connectivity index (χ0v) is 15.1. The molecule has 1 aliphatic heterocycles. The molecule has 1 amide bonds. The Morgan fingerprint density at radius 1 is 0.962 bits per heavy atom. The van der Waals surface area contributed by atoms with Gasteiger partial charge in [0.2, 0.25) is 10.0 Å². The number of halogens is 1. The first-order valence-corrected chi connectivity index (χ1v) is 10.1. The predicted octanol–water partition coefficient (Wildman–Crippen LogP) is 2.93. The van der Waals surface area contributed by atoms with Crippen LogP contribution in [0.3, 0.4) is 0 Å². The molecule has 0 aromatic heterocycles. The summed E-state index contributed by atoms with van der Waals surface area (Å²) in [5.74, 6) is -0.432. The average molecular weight is 376 g/mol. The number of benzene rings is 2. The van der Waals surface area contributed by atoms with E-state index in [1.54, 1.807) is 17.0 Å². The van der Waals surface area contributed by atoms with E-state index >= 15 is 0 Å². The summed E-state index contributed by atoms with van der Waals surface area (Å²) < 4.78 is 40.1. The topological polar surface area (TPSA) is 66.5 Å². The third kappa shape index (κ3) is 4.47. The lowest BCUT2D eigenvalue weighted by Crippen LogP contribution is -2.35. The summed E-state index contributed by atoms with van der Waals surface area (Å²) in [6.45, 7) is 1.56. The Labute approximate surface area is 152 Å². The smallest absolute Gasteiger partial charge is 0.253 e. The molecular weight excluding hydrogens is 355 g/mol. The Hall–Kier alpha value is -2.25. The second-order valence-corrected chi connectivity index (χ2v) is 8.10. The van der Waals surface area contributed by atoms with Crippen molar-refractivity contribution in [3.63, 3.8) is 0 Å². The van der Waals surface area contributed by atoms with Crippen LogP contribution in [-0.4, -0.2) is 32.3 Å². The first-order chi connectivity index (χ1) is 12.5. The number of hydrogen-bond acceptors (Lipinski definition) is 3. The van der Waals surface area contributed by atoms with Crippen molar-refractivity contribution in [2.45, 2.75) is 30.7 Å². The summed E-state index contributed by atoms with van der Waals surface area (Å²) in [5, 5.41) is 0. The van der Waals surface area contributed by atoms with Gasteiger partial charge in [-0.1, -0.05) is 12.1 Å². The van der Waals surface area contributed by atoms with Crippen molar-refractivity contribution in [3.05, 3.63) is 65.5 Å². The van der Waals surface area contributed by atoms with E-state index in [9.17, 15) is 17.6 Å². The summed E-state index contributed by atoms with van der Waals surface area (Å²) in [7, 11) is -3.70. The third-order valence-corrected chi connectivity index (χ3v) is 5.85. The SMILES string of the molecule is O=C(c1ccc(S(=O)(=O)NCc2ccc(F)cc2)cc1)N1CCCCC1. The average Bonchev–Trinajstić information content (AvgIpc) is 2.68. The van der Waals surface area contributed by atoms with E-state index in [1.165, 1.54) is 36.4 Å².